The maximum Gasteiger partial charge on any atom is 0.276 e. The van der Waals surface area contributed by atoms with Crippen molar-refractivity contribution in [1.82, 2.24) is 40.0 Å². The summed E-state index contributed by atoms with van der Waals surface area (Å²) < 4.78 is 4.18. The lowest BCUT2D eigenvalue weighted by atomic mass is 9.95. The van der Waals surface area contributed by atoms with Gasteiger partial charge in [-0.1, -0.05) is 86.0 Å². The topological polar surface area (TPSA) is 102 Å². The number of halogens is 3. The third-order valence-electron chi connectivity index (χ3n) is 7.44. The molecule has 45 heavy (non-hydrogen) atoms. The average Bonchev–Trinajstić information content (AvgIpc) is 3.65. The fourth-order valence-corrected chi connectivity index (χ4v) is 6.39. The summed E-state index contributed by atoms with van der Waals surface area (Å²) in [5.41, 5.74) is 3.91. The molecule has 0 saturated heterocycles. The first-order chi connectivity index (χ1) is 21.8. The zero-order valence-corrected chi connectivity index (χ0v) is 26.6. The van der Waals surface area contributed by atoms with Gasteiger partial charge in [0.05, 0.1) is 61.1 Å². The smallest absolute Gasteiger partial charge is 0.267 e. The van der Waals surface area contributed by atoms with E-state index in [1.165, 1.54) is 5.01 Å². The van der Waals surface area contributed by atoms with E-state index < -0.39 is 11.8 Å². The van der Waals surface area contributed by atoms with Gasteiger partial charge in [-0.25, -0.2) is 14.4 Å². The van der Waals surface area contributed by atoms with Crippen LogP contribution in [-0.2, 0) is 26.2 Å². The van der Waals surface area contributed by atoms with Crippen LogP contribution in [0.25, 0.3) is 10.8 Å². The minimum atomic E-state index is -0.436. The monoisotopic (exact) mass is 700 g/mol. The molecular weight excluding hydrogens is 679 g/mol. The molecule has 6 aromatic rings. The highest BCUT2D eigenvalue weighted by molar-refractivity contribution is 9.10. The van der Waals surface area contributed by atoms with E-state index in [2.05, 4.69) is 36.6 Å². The minimum Gasteiger partial charge on any atom is -0.267 e. The Morgan fingerprint density at radius 3 is 1.78 bits per heavy atom. The van der Waals surface area contributed by atoms with Gasteiger partial charge in [-0.3, -0.25) is 9.59 Å². The Morgan fingerprint density at radius 1 is 0.689 bits per heavy atom. The largest absolute Gasteiger partial charge is 0.276 e. The molecule has 0 bridgehead atoms. The van der Waals surface area contributed by atoms with E-state index in [1.807, 2.05) is 66.7 Å². The molecule has 4 aromatic carbocycles. The molecule has 0 saturated carbocycles. The third-order valence-corrected chi connectivity index (χ3v) is 8.61. The van der Waals surface area contributed by atoms with Gasteiger partial charge in [-0.2, -0.15) is 5.01 Å². The van der Waals surface area contributed by atoms with Crippen molar-refractivity contribution in [2.75, 3.05) is 0 Å². The van der Waals surface area contributed by atoms with Crippen LogP contribution in [0, 0.1) is 0 Å². The minimum absolute atomic E-state index is 0.107. The molecule has 0 atom stereocenters. The van der Waals surface area contributed by atoms with Crippen molar-refractivity contribution in [3.8, 4) is 0 Å². The summed E-state index contributed by atoms with van der Waals surface area (Å²) in [6.45, 7) is 1.13. The van der Waals surface area contributed by atoms with Crippen molar-refractivity contribution in [3.05, 3.63) is 139 Å². The van der Waals surface area contributed by atoms with E-state index in [-0.39, 0.29) is 13.1 Å². The molecular formula is C32H23BrCl2N8O2. The van der Waals surface area contributed by atoms with Crippen LogP contribution in [0.1, 0.15) is 43.2 Å². The highest BCUT2D eigenvalue weighted by Crippen LogP contribution is 2.35. The van der Waals surface area contributed by atoms with Gasteiger partial charge in [0.15, 0.2) is 0 Å². The zero-order chi connectivity index (χ0) is 31.1. The molecule has 0 radical (unpaired) electrons. The number of carbonyl (C=O) groups excluding carboxylic acids is 2. The molecule has 13 heteroatoms. The lowest BCUT2D eigenvalue weighted by Gasteiger charge is -2.35. The van der Waals surface area contributed by atoms with E-state index in [9.17, 15) is 9.59 Å². The van der Waals surface area contributed by atoms with E-state index in [0.29, 0.717) is 51.0 Å². The predicted octanol–water partition coefficient (Wildman–Crippen LogP) is 6.40. The van der Waals surface area contributed by atoms with Gasteiger partial charge in [-0.05, 0) is 59.0 Å². The van der Waals surface area contributed by atoms with Crippen LogP contribution >= 0.6 is 39.1 Å². The lowest BCUT2D eigenvalue weighted by Crippen LogP contribution is -2.51. The van der Waals surface area contributed by atoms with Crippen LogP contribution in [-0.4, -0.2) is 51.8 Å². The van der Waals surface area contributed by atoms with Crippen LogP contribution in [0.3, 0.4) is 0 Å². The van der Waals surface area contributed by atoms with E-state index in [4.69, 9.17) is 23.2 Å². The standard InChI is InChI=1S/C32H23BrCl2N8O2/c33-29-11-10-28-30-26(29)8-3-9-27(30)31(44)43(32(28)45)42(18-24-16-40(38-36-24)14-20-4-1-6-22(34)12-20)19-25-17-41(39-37-25)15-21-5-2-7-23(35)13-21/h1-13,16-17H,14-15,18-19H2. The Balaban J connectivity index is 1.21. The number of aromatic nitrogens is 6. The second-order valence-corrected chi connectivity index (χ2v) is 12.4. The van der Waals surface area contributed by atoms with E-state index >= 15 is 0 Å². The highest BCUT2D eigenvalue weighted by Gasteiger charge is 2.38. The first-order valence-corrected chi connectivity index (χ1v) is 15.5. The Morgan fingerprint density at radius 2 is 1.22 bits per heavy atom. The molecule has 7 rings (SSSR count). The Labute approximate surface area is 275 Å². The quantitative estimate of drug-likeness (QED) is 0.161. The maximum absolute atomic E-state index is 14.0. The second kappa shape index (κ2) is 12.2. The van der Waals surface area contributed by atoms with Crippen molar-refractivity contribution < 1.29 is 9.59 Å². The first kappa shape index (κ1) is 29.3. The Hall–Kier alpha value is -4.42. The van der Waals surface area contributed by atoms with Gasteiger partial charge < -0.3 is 0 Å². The molecule has 0 fully saturated rings. The number of carbonyl (C=O) groups is 2. The number of hydrazine groups is 1. The fraction of sp³-hybridized carbons (Fsp3) is 0.125. The molecule has 10 nitrogen and oxygen atoms in total. The van der Waals surface area contributed by atoms with Crippen LogP contribution in [0.5, 0.6) is 0 Å². The van der Waals surface area contributed by atoms with Gasteiger partial charge in [0, 0.05) is 19.9 Å². The van der Waals surface area contributed by atoms with Crippen LogP contribution < -0.4 is 0 Å². The summed E-state index contributed by atoms with van der Waals surface area (Å²) in [6.07, 6.45) is 3.57. The molecule has 2 amide bonds. The molecule has 0 aliphatic carbocycles. The molecule has 224 valence electrons. The lowest BCUT2D eigenvalue weighted by molar-refractivity contribution is -0.0130. The number of amides is 2. The SMILES string of the molecule is O=C1c2cccc3c(Br)ccc(c23)C(=O)N1N(Cc1cn(Cc2cccc(Cl)c2)nn1)Cc1cn(Cc2cccc(Cl)c2)nn1. The van der Waals surface area contributed by atoms with Crippen molar-refractivity contribution in [2.24, 2.45) is 0 Å². The normalized spacial score (nSPS) is 12.9. The third kappa shape index (κ3) is 5.99. The number of nitrogens with zero attached hydrogens (tertiary/aromatic N) is 8. The van der Waals surface area contributed by atoms with Crippen LogP contribution in [0.4, 0.5) is 0 Å². The predicted molar refractivity (Wildman–Crippen MR) is 173 cm³/mol. The van der Waals surface area contributed by atoms with Crippen molar-refractivity contribution in [3.63, 3.8) is 0 Å². The summed E-state index contributed by atoms with van der Waals surface area (Å²) in [5, 5.41) is 22.8. The van der Waals surface area contributed by atoms with Crippen LogP contribution in [0.2, 0.25) is 10.0 Å². The molecule has 1 aliphatic heterocycles. The second-order valence-electron chi connectivity index (χ2n) is 10.6. The number of hydrogen-bond acceptors (Lipinski definition) is 7. The van der Waals surface area contributed by atoms with Crippen LogP contribution in [0.15, 0.2) is 95.7 Å². The molecule has 0 N–H and O–H groups in total. The number of rotatable bonds is 9. The van der Waals surface area contributed by atoms with Gasteiger partial charge in [-0.15, -0.1) is 10.2 Å². The van der Waals surface area contributed by atoms with Crippen molar-refractivity contribution in [1.29, 1.82) is 0 Å². The first-order valence-electron chi connectivity index (χ1n) is 13.9. The number of hydrogen-bond donors (Lipinski definition) is 0. The summed E-state index contributed by atoms with van der Waals surface area (Å²) in [4.78, 5) is 28.1. The molecule has 0 spiro atoms. The van der Waals surface area contributed by atoms with Gasteiger partial charge in [0.1, 0.15) is 0 Å². The number of imide groups is 1. The van der Waals surface area contributed by atoms with E-state index in [1.54, 1.807) is 38.9 Å². The summed E-state index contributed by atoms with van der Waals surface area (Å²) in [5.74, 6) is -0.873. The Kier molecular flexibility index (Phi) is 7.92. The van der Waals surface area contributed by atoms with E-state index in [0.717, 1.165) is 21.0 Å². The molecule has 3 heterocycles. The molecule has 1 aliphatic rings. The molecule has 0 unspecified atom stereocenters. The summed E-state index contributed by atoms with van der Waals surface area (Å²) in [7, 11) is 0. The summed E-state index contributed by atoms with van der Waals surface area (Å²) in [6, 6.07) is 24.0. The Bertz CT molecular complexity index is 1990. The van der Waals surface area contributed by atoms with Gasteiger partial charge >= 0.3 is 0 Å². The van der Waals surface area contributed by atoms with Gasteiger partial charge in [0.2, 0.25) is 0 Å². The summed E-state index contributed by atoms with van der Waals surface area (Å²) >= 11 is 15.9. The van der Waals surface area contributed by atoms with Crippen molar-refractivity contribution in [2.45, 2.75) is 26.2 Å². The maximum atomic E-state index is 14.0. The van der Waals surface area contributed by atoms with Gasteiger partial charge in [0.25, 0.3) is 11.8 Å². The van der Waals surface area contributed by atoms with Crippen molar-refractivity contribution >= 4 is 61.7 Å². The highest BCUT2D eigenvalue weighted by atomic mass is 79.9. The zero-order valence-electron chi connectivity index (χ0n) is 23.5. The fourth-order valence-electron chi connectivity index (χ4n) is 5.50. The molecule has 2 aromatic heterocycles. The average molecular weight is 702 g/mol. The number of benzene rings is 4.